The van der Waals surface area contributed by atoms with Crippen LogP contribution in [-0.2, 0) is 12.0 Å². The number of amides is 1. The first-order chi connectivity index (χ1) is 15.9. The van der Waals surface area contributed by atoms with E-state index in [0.717, 1.165) is 41.8 Å². The average molecular weight is 445 g/mol. The lowest BCUT2D eigenvalue weighted by atomic mass is 9.83. The molecule has 4 rings (SSSR count). The van der Waals surface area contributed by atoms with Gasteiger partial charge in [-0.15, -0.1) is 0 Å². The van der Waals surface area contributed by atoms with E-state index in [2.05, 4.69) is 35.2 Å². The van der Waals surface area contributed by atoms with Gasteiger partial charge in [-0.05, 0) is 80.4 Å². The number of hydrogen-bond acceptors (Lipinski definition) is 4. The molecule has 0 heterocycles. The molecule has 1 amide bonds. The molecular weight excluding hydrogens is 412 g/mol. The number of carbonyl (C=O) groups is 1. The zero-order chi connectivity index (χ0) is 23.4. The maximum Gasteiger partial charge on any atom is 0.249 e. The highest BCUT2D eigenvalue weighted by atomic mass is 16.5. The first kappa shape index (κ1) is 22.9. The van der Waals surface area contributed by atoms with Crippen LogP contribution in [0.2, 0.25) is 0 Å². The van der Waals surface area contributed by atoms with Crippen molar-refractivity contribution in [1.29, 1.82) is 0 Å². The van der Waals surface area contributed by atoms with Crippen LogP contribution in [0.4, 0.5) is 0 Å². The standard InChI is InChI=1S/C28H32N2O3/c1-20-25(27(29)31)17-24(32-15-14-30(2)3)18-26(20)28(12-13-28)22-10-7-11-23(16-22)33-19-21-8-5-4-6-9-21/h4-11,16-18H,12-15,19H2,1-3H3,(H2,29,31). The van der Waals surface area contributed by atoms with Gasteiger partial charge in [0.15, 0.2) is 0 Å². The van der Waals surface area contributed by atoms with Crippen molar-refractivity contribution in [2.75, 3.05) is 27.2 Å². The van der Waals surface area contributed by atoms with Gasteiger partial charge in [-0.25, -0.2) is 0 Å². The largest absolute Gasteiger partial charge is 0.492 e. The summed E-state index contributed by atoms with van der Waals surface area (Å²) in [7, 11) is 4.01. The van der Waals surface area contributed by atoms with Crippen molar-refractivity contribution < 1.29 is 14.3 Å². The van der Waals surface area contributed by atoms with Crippen LogP contribution in [0.15, 0.2) is 66.7 Å². The van der Waals surface area contributed by atoms with E-state index in [1.165, 1.54) is 5.56 Å². The molecule has 3 aromatic rings. The van der Waals surface area contributed by atoms with Gasteiger partial charge in [-0.2, -0.15) is 0 Å². The Hall–Kier alpha value is -3.31. The smallest absolute Gasteiger partial charge is 0.249 e. The third kappa shape index (κ3) is 5.20. The van der Waals surface area contributed by atoms with Crippen molar-refractivity contribution in [2.24, 2.45) is 5.73 Å². The number of primary amides is 1. The SMILES string of the molecule is Cc1c(C(N)=O)cc(OCCN(C)C)cc1C1(c2cccc(OCc3ccccc3)c2)CC1. The van der Waals surface area contributed by atoms with Gasteiger partial charge in [0.2, 0.25) is 5.91 Å². The zero-order valence-corrected chi connectivity index (χ0v) is 19.6. The predicted octanol–water partition coefficient (Wildman–Crippen LogP) is 4.69. The predicted molar refractivity (Wildman–Crippen MR) is 131 cm³/mol. The Kier molecular flexibility index (Phi) is 6.70. The quantitative estimate of drug-likeness (QED) is 0.493. The number of nitrogens with two attached hydrogens (primary N) is 1. The number of nitrogens with zero attached hydrogens (tertiary/aromatic N) is 1. The summed E-state index contributed by atoms with van der Waals surface area (Å²) < 4.78 is 12.1. The van der Waals surface area contributed by atoms with E-state index < -0.39 is 5.91 Å². The molecule has 1 aliphatic carbocycles. The lowest BCUT2D eigenvalue weighted by Crippen LogP contribution is -2.21. The average Bonchev–Trinajstić information content (AvgIpc) is 3.61. The van der Waals surface area contributed by atoms with Crippen LogP contribution < -0.4 is 15.2 Å². The van der Waals surface area contributed by atoms with E-state index >= 15 is 0 Å². The number of hydrogen-bond donors (Lipinski definition) is 1. The molecule has 2 N–H and O–H groups in total. The van der Waals surface area contributed by atoms with E-state index in [-0.39, 0.29) is 5.41 Å². The summed E-state index contributed by atoms with van der Waals surface area (Å²) >= 11 is 0. The third-order valence-electron chi connectivity index (χ3n) is 6.35. The maximum atomic E-state index is 12.2. The molecule has 0 radical (unpaired) electrons. The van der Waals surface area contributed by atoms with Crippen LogP contribution in [0.3, 0.4) is 0 Å². The minimum atomic E-state index is -0.428. The molecule has 0 atom stereocenters. The first-order valence-electron chi connectivity index (χ1n) is 11.4. The molecule has 1 fully saturated rings. The Balaban J connectivity index is 1.62. The Morgan fingerprint density at radius 2 is 1.73 bits per heavy atom. The van der Waals surface area contributed by atoms with E-state index in [0.29, 0.717) is 24.5 Å². The van der Waals surface area contributed by atoms with Gasteiger partial charge in [0.05, 0.1) is 0 Å². The Morgan fingerprint density at radius 1 is 0.970 bits per heavy atom. The Morgan fingerprint density at radius 3 is 2.39 bits per heavy atom. The molecule has 0 spiro atoms. The normalized spacial score (nSPS) is 14.2. The van der Waals surface area contributed by atoms with Crippen molar-refractivity contribution in [2.45, 2.75) is 31.8 Å². The van der Waals surface area contributed by atoms with E-state index in [4.69, 9.17) is 15.2 Å². The molecule has 33 heavy (non-hydrogen) atoms. The van der Waals surface area contributed by atoms with Gasteiger partial charge in [0, 0.05) is 17.5 Å². The summed E-state index contributed by atoms with van der Waals surface area (Å²) in [6.45, 7) is 3.84. The molecule has 5 heteroatoms. The van der Waals surface area contributed by atoms with Crippen LogP contribution in [0, 0.1) is 6.92 Å². The minimum absolute atomic E-state index is 0.151. The zero-order valence-electron chi connectivity index (χ0n) is 19.6. The second-order valence-corrected chi connectivity index (χ2v) is 9.04. The number of rotatable bonds is 10. The lowest BCUT2D eigenvalue weighted by Gasteiger charge is -2.23. The topological polar surface area (TPSA) is 64.8 Å². The van der Waals surface area contributed by atoms with Gasteiger partial charge < -0.3 is 20.1 Å². The molecule has 1 aliphatic rings. The fraction of sp³-hybridized carbons (Fsp3) is 0.321. The number of carbonyl (C=O) groups excluding carboxylic acids is 1. The van der Waals surface area contributed by atoms with Gasteiger partial charge in [-0.1, -0.05) is 42.5 Å². The molecule has 3 aromatic carbocycles. The lowest BCUT2D eigenvalue weighted by molar-refractivity contribution is 0.0999. The second kappa shape index (κ2) is 9.67. The second-order valence-electron chi connectivity index (χ2n) is 9.04. The molecule has 0 bridgehead atoms. The summed E-state index contributed by atoms with van der Waals surface area (Å²) in [5.74, 6) is 1.10. The molecule has 1 saturated carbocycles. The van der Waals surface area contributed by atoms with Crippen molar-refractivity contribution in [3.05, 3.63) is 94.5 Å². The van der Waals surface area contributed by atoms with Gasteiger partial charge in [0.1, 0.15) is 24.7 Å². The van der Waals surface area contributed by atoms with Crippen molar-refractivity contribution in [3.8, 4) is 11.5 Å². The minimum Gasteiger partial charge on any atom is -0.492 e. The highest BCUT2D eigenvalue weighted by Gasteiger charge is 2.47. The third-order valence-corrected chi connectivity index (χ3v) is 6.35. The summed E-state index contributed by atoms with van der Waals surface area (Å²) in [4.78, 5) is 14.3. The van der Waals surface area contributed by atoms with Gasteiger partial charge in [-0.3, -0.25) is 4.79 Å². The fourth-order valence-corrected chi connectivity index (χ4v) is 4.33. The highest BCUT2D eigenvalue weighted by Crippen LogP contribution is 2.55. The molecule has 5 nitrogen and oxygen atoms in total. The Labute approximate surface area is 196 Å². The molecule has 0 aromatic heterocycles. The number of benzene rings is 3. The van der Waals surface area contributed by atoms with Crippen LogP contribution >= 0.6 is 0 Å². The first-order valence-corrected chi connectivity index (χ1v) is 11.4. The fourth-order valence-electron chi connectivity index (χ4n) is 4.33. The van der Waals surface area contributed by atoms with Gasteiger partial charge in [0.25, 0.3) is 0 Å². The van der Waals surface area contributed by atoms with E-state index in [1.807, 2.05) is 51.4 Å². The van der Waals surface area contributed by atoms with Crippen LogP contribution in [0.1, 0.15) is 45.5 Å². The molecule has 0 saturated heterocycles. The molecular formula is C28H32N2O3. The summed E-state index contributed by atoms with van der Waals surface area (Å²) in [5.41, 5.74) is 10.5. The van der Waals surface area contributed by atoms with Crippen molar-refractivity contribution in [1.82, 2.24) is 4.90 Å². The van der Waals surface area contributed by atoms with Crippen molar-refractivity contribution >= 4 is 5.91 Å². The number of ether oxygens (including phenoxy) is 2. The summed E-state index contributed by atoms with van der Waals surface area (Å²) in [5, 5.41) is 0. The summed E-state index contributed by atoms with van der Waals surface area (Å²) in [6, 6.07) is 22.3. The van der Waals surface area contributed by atoms with Crippen LogP contribution in [0.25, 0.3) is 0 Å². The monoisotopic (exact) mass is 444 g/mol. The summed E-state index contributed by atoms with van der Waals surface area (Å²) in [6.07, 6.45) is 2.02. The number of likely N-dealkylation sites (N-methyl/N-ethyl adjacent to an activating group) is 1. The van der Waals surface area contributed by atoms with Crippen molar-refractivity contribution in [3.63, 3.8) is 0 Å². The maximum absolute atomic E-state index is 12.2. The highest BCUT2D eigenvalue weighted by molar-refractivity contribution is 5.95. The van der Waals surface area contributed by atoms with Crippen LogP contribution in [-0.4, -0.2) is 38.1 Å². The van der Waals surface area contributed by atoms with Crippen LogP contribution in [0.5, 0.6) is 11.5 Å². The molecule has 172 valence electrons. The van der Waals surface area contributed by atoms with Gasteiger partial charge >= 0.3 is 0 Å². The molecule has 0 aliphatic heterocycles. The molecule has 0 unspecified atom stereocenters. The Bertz CT molecular complexity index is 1120. The van der Waals surface area contributed by atoms with E-state index in [1.54, 1.807) is 6.07 Å². The van der Waals surface area contributed by atoms with E-state index in [9.17, 15) is 4.79 Å².